The first-order valence-electron chi connectivity index (χ1n) is 5.03. The zero-order valence-electron chi connectivity index (χ0n) is 8.63. The summed E-state index contributed by atoms with van der Waals surface area (Å²) >= 11 is 3.43. The van der Waals surface area contributed by atoms with E-state index in [0.29, 0.717) is 6.04 Å². The first-order chi connectivity index (χ1) is 6.68. The van der Waals surface area contributed by atoms with Gasteiger partial charge in [-0.05, 0) is 53.7 Å². The highest BCUT2D eigenvalue weighted by Gasteiger charge is 2.23. The first-order valence-corrected chi connectivity index (χ1v) is 5.83. The van der Waals surface area contributed by atoms with Crippen molar-refractivity contribution in [2.24, 2.45) is 0 Å². The molecular formula is C11H15BrN2. The van der Waals surface area contributed by atoms with Gasteiger partial charge in [0, 0.05) is 23.8 Å². The maximum atomic E-state index is 4.46. The minimum Gasteiger partial charge on any atom is -0.356 e. The van der Waals surface area contributed by atoms with Crippen molar-refractivity contribution >= 4 is 21.7 Å². The molecule has 0 bridgehead atoms. The third kappa shape index (κ3) is 1.78. The monoisotopic (exact) mass is 254 g/mol. The fraction of sp³-hybridized carbons (Fsp3) is 0.545. The molecule has 0 spiro atoms. The van der Waals surface area contributed by atoms with E-state index in [4.69, 9.17) is 0 Å². The summed E-state index contributed by atoms with van der Waals surface area (Å²) in [4.78, 5) is 6.77. The smallest absolute Gasteiger partial charge is 0.131 e. The maximum Gasteiger partial charge on any atom is 0.131 e. The van der Waals surface area contributed by atoms with Gasteiger partial charge in [0.2, 0.25) is 0 Å². The fourth-order valence-electron chi connectivity index (χ4n) is 1.85. The summed E-state index contributed by atoms with van der Waals surface area (Å²) in [5.74, 6) is 1.12. The number of rotatable bonds is 2. The summed E-state index contributed by atoms with van der Waals surface area (Å²) in [6.45, 7) is 2.11. The molecule has 1 aromatic rings. The molecule has 1 aliphatic rings. The highest BCUT2D eigenvalue weighted by atomic mass is 79.9. The van der Waals surface area contributed by atoms with Crippen LogP contribution < -0.4 is 4.90 Å². The highest BCUT2D eigenvalue weighted by Crippen LogP contribution is 2.29. The summed E-state index contributed by atoms with van der Waals surface area (Å²) in [7, 11) is 2.15. The summed E-state index contributed by atoms with van der Waals surface area (Å²) in [6.07, 6.45) is 5.86. The largest absolute Gasteiger partial charge is 0.356 e. The van der Waals surface area contributed by atoms with Crippen LogP contribution in [0, 0.1) is 6.92 Å². The second-order valence-corrected chi connectivity index (χ2v) is 4.91. The van der Waals surface area contributed by atoms with Gasteiger partial charge in [0.1, 0.15) is 5.82 Å². The topological polar surface area (TPSA) is 16.1 Å². The molecule has 0 aromatic carbocycles. The molecule has 1 aliphatic carbocycles. The van der Waals surface area contributed by atoms with E-state index in [1.165, 1.54) is 24.8 Å². The van der Waals surface area contributed by atoms with E-state index in [-0.39, 0.29) is 0 Å². The predicted molar refractivity (Wildman–Crippen MR) is 62.7 cm³/mol. The van der Waals surface area contributed by atoms with Gasteiger partial charge in [-0.15, -0.1) is 0 Å². The van der Waals surface area contributed by atoms with E-state index < -0.39 is 0 Å². The third-order valence-corrected chi connectivity index (χ3v) is 3.41. The van der Waals surface area contributed by atoms with Crippen LogP contribution in [0.3, 0.4) is 0 Å². The molecule has 1 saturated carbocycles. The number of halogens is 1. The van der Waals surface area contributed by atoms with Crippen LogP contribution in [0.15, 0.2) is 16.7 Å². The van der Waals surface area contributed by atoms with Crippen molar-refractivity contribution < 1.29 is 0 Å². The molecular weight excluding hydrogens is 240 g/mol. The molecule has 2 rings (SSSR count). The minimum absolute atomic E-state index is 0.711. The summed E-state index contributed by atoms with van der Waals surface area (Å²) in [5, 5.41) is 0. The van der Waals surface area contributed by atoms with Crippen LogP contribution in [-0.4, -0.2) is 18.1 Å². The average Bonchev–Trinajstić information content (AvgIpc) is 2.00. The first kappa shape index (κ1) is 9.97. The van der Waals surface area contributed by atoms with Gasteiger partial charge in [0.15, 0.2) is 0 Å². The quantitative estimate of drug-likeness (QED) is 0.807. The molecule has 0 unspecified atom stereocenters. The van der Waals surface area contributed by atoms with E-state index in [1.807, 2.05) is 6.20 Å². The van der Waals surface area contributed by atoms with Crippen molar-refractivity contribution in [3.63, 3.8) is 0 Å². The van der Waals surface area contributed by atoms with Crippen molar-refractivity contribution in [1.82, 2.24) is 4.98 Å². The molecule has 0 aliphatic heterocycles. The molecule has 1 heterocycles. The molecule has 3 heteroatoms. The lowest BCUT2D eigenvalue weighted by Crippen LogP contribution is -2.38. The second-order valence-electron chi connectivity index (χ2n) is 3.99. The minimum atomic E-state index is 0.711. The van der Waals surface area contributed by atoms with Crippen LogP contribution in [0.25, 0.3) is 0 Å². The van der Waals surface area contributed by atoms with Crippen LogP contribution in [0.4, 0.5) is 5.82 Å². The molecule has 1 fully saturated rings. The van der Waals surface area contributed by atoms with Gasteiger partial charge in [-0.25, -0.2) is 4.98 Å². The van der Waals surface area contributed by atoms with Gasteiger partial charge in [-0.3, -0.25) is 0 Å². The van der Waals surface area contributed by atoms with Crippen LogP contribution in [0.1, 0.15) is 24.8 Å². The summed E-state index contributed by atoms with van der Waals surface area (Å²) in [5.41, 5.74) is 1.24. The molecule has 0 atom stereocenters. The van der Waals surface area contributed by atoms with E-state index in [2.05, 4.69) is 45.9 Å². The number of aryl methyl sites for hydroxylation is 1. The molecule has 0 radical (unpaired) electrons. The lowest BCUT2D eigenvalue weighted by Gasteiger charge is -2.36. The van der Waals surface area contributed by atoms with Crippen LogP contribution in [-0.2, 0) is 0 Å². The summed E-state index contributed by atoms with van der Waals surface area (Å²) < 4.78 is 1.06. The van der Waals surface area contributed by atoms with Gasteiger partial charge in [-0.2, -0.15) is 0 Å². The Bertz CT molecular complexity index is 334. The molecule has 14 heavy (non-hydrogen) atoms. The Morgan fingerprint density at radius 1 is 1.50 bits per heavy atom. The SMILES string of the molecule is Cc1cc(Br)cnc1N(C)C1CCC1. The van der Waals surface area contributed by atoms with Crippen molar-refractivity contribution in [3.8, 4) is 0 Å². The van der Waals surface area contributed by atoms with Gasteiger partial charge < -0.3 is 4.90 Å². The van der Waals surface area contributed by atoms with Gasteiger partial charge in [0.25, 0.3) is 0 Å². The standard InChI is InChI=1S/C11H15BrN2/c1-8-6-9(12)7-13-11(8)14(2)10-4-3-5-10/h6-7,10H,3-5H2,1-2H3. The normalized spacial score (nSPS) is 16.5. The van der Waals surface area contributed by atoms with Crippen molar-refractivity contribution in [2.45, 2.75) is 32.2 Å². The number of aromatic nitrogens is 1. The molecule has 76 valence electrons. The number of pyridine rings is 1. The summed E-state index contributed by atoms with van der Waals surface area (Å²) in [6, 6.07) is 2.83. The van der Waals surface area contributed by atoms with Crippen LogP contribution in [0.2, 0.25) is 0 Å². The molecule has 0 saturated heterocycles. The van der Waals surface area contributed by atoms with Gasteiger partial charge >= 0.3 is 0 Å². The Hall–Kier alpha value is -0.570. The Kier molecular flexibility index (Phi) is 2.77. The Morgan fingerprint density at radius 2 is 2.21 bits per heavy atom. The lowest BCUT2D eigenvalue weighted by molar-refractivity contribution is 0.399. The average molecular weight is 255 g/mol. The van der Waals surface area contributed by atoms with Gasteiger partial charge in [0.05, 0.1) is 0 Å². The van der Waals surface area contributed by atoms with Crippen LogP contribution in [0.5, 0.6) is 0 Å². The van der Waals surface area contributed by atoms with Gasteiger partial charge in [-0.1, -0.05) is 0 Å². The van der Waals surface area contributed by atoms with Crippen molar-refractivity contribution in [2.75, 3.05) is 11.9 Å². The Labute approximate surface area is 93.5 Å². The van der Waals surface area contributed by atoms with Crippen LogP contribution >= 0.6 is 15.9 Å². The zero-order chi connectivity index (χ0) is 10.1. The molecule has 0 N–H and O–H groups in total. The van der Waals surface area contributed by atoms with E-state index in [1.54, 1.807) is 0 Å². The molecule has 1 aromatic heterocycles. The van der Waals surface area contributed by atoms with E-state index >= 15 is 0 Å². The number of nitrogens with zero attached hydrogens (tertiary/aromatic N) is 2. The Balaban J connectivity index is 2.22. The van der Waals surface area contributed by atoms with E-state index in [9.17, 15) is 0 Å². The molecule has 0 amide bonds. The van der Waals surface area contributed by atoms with E-state index in [0.717, 1.165) is 10.3 Å². The lowest BCUT2D eigenvalue weighted by atomic mass is 9.92. The number of hydrogen-bond acceptors (Lipinski definition) is 2. The third-order valence-electron chi connectivity index (χ3n) is 2.97. The van der Waals surface area contributed by atoms with Crippen molar-refractivity contribution in [1.29, 1.82) is 0 Å². The maximum absolute atomic E-state index is 4.46. The highest BCUT2D eigenvalue weighted by molar-refractivity contribution is 9.10. The number of anilines is 1. The Morgan fingerprint density at radius 3 is 2.71 bits per heavy atom. The number of hydrogen-bond donors (Lipinski definition) is 0. The predicted octanol–water partition coefficient (Wildman–Crippen LogP) is 3.14. The second kappa shape index (κ2) is 3.89. The molecule has 2 nitrogen and oxygen atoms in total. The fourth-order valence-corrected chi connectivity index (χ4v) is 2.30. The van der Waals surface area contributed by atoms with Crippen molar-refractivity contribution in [3.05, 3.63) is 22.3 Å². The zero-order valence-corrected chi connectivity index (χ0v) is 10.2.